The third-order valence-electron chi connectivity index (χ3n) is 6.76. The van der Waals surface area contributed by atoms with Gasteiger partial charge in [0.15, 0.2) is 11.9 Å². The molecule has 2 fully saturated rings. The highest BCUT2D eigenvalue weighted by atomic mass is 19.1. The number of aliphatic hydroxyl groups excluding tert-OH is 1. The van der Waals surface area contributed by atoms with Crippen LogP contribution in [0, 0.1) is 0 Å². The van der Waals surface area contributed by atoms with E-state index in [1.54, 1.807) is 38.1 Å². The van der Waals surface area contributed by atoms with E-state index < -0.39 is 72.0 Å². The summed E-state index contributed by atoms with van der Waals surface area (Å²) in [4.78, 5) is 51.8. The number of nitrogens with one attached hydrogen (secondary N) is 1. The van der Waals surface area contributed by atoms with Crippen LogP contribution in [0.2, 0.25) is 0 Å². The number of benzene rings is 2. The third-order valence-corrected chi connectivity index (χ3v) is 6.76. The summed E-state index contributed by atoms with van der Waals surface area (Å²) in [5.74, 6) is -8.70. The Morgan fingerprint density at radius 3 is 2.05 bits per heavy atom. The molecule has 0 spiro atoms. The standard InChI is InChI=1S/C29H32FNO11/c1-16(32)31-20-22(21(33)19-15-38-28(2,3)40-19)41-29(27(36)37-4,42-26(35)18-13-9-6-10-14-18)24(30)23(20)39-25(34)17-11-7-5-8-12-17/h5-14,19-24,33H,15H2,1-4H3,(H,31,32)/t19?,20-,21?,22+,23+,24+,29+/m0/s1. The van der Waals surface area contributed by atoms with Crippen LogP contribution in [0.4, 0.5) is 4.39 Å². The summed E-state index contributed by atoms with van der Waals surface area (Å²) in [5, 5.41) is 13.9. The van der Waals surface area contributed by atoms with E-state index in [2.05, 4.69) is 5.32 Å². The molecule has 13 heteroatoms. The Bertz CT molecular complexity index is 1290. The van der Waals surface area contributed by atoms with Crippen molar-refractivity contribution in [2.24, 2.45) is 0 Å². The van der Waals surface area contributed by atoms with Crippen molar-refractivity contribution >= 4 is 23.8 Å². The molecule has 2 aliphatic rings. The highest BCUT2D eigenvalue weighted by Gasteiger charge is 2.67. The molecule has 2 N–H and O–H groups in total. The van der Waals surface area contributed by atoms with Gasteiger partial charge in [-0.05, 0) is 38.1 Å². The van der Waals surface area contributed by atoms with Crippen LogP contribution in [0.3, 0.4) is 0 Å². The van der Waals surface area contributed by atoms with Crippen molar-refractivity contribution in [3.8, 4) is 0 Å². The van der Waals surface area contributed by atoms with Crippen LogP contribution < -0.4 is 5.32 Å². The first kappa shape index (κ1) is 31.0. The Hall–Kier alpha value is -3.91. The molecule has 226 valence electrons. The molecule has 2 unspecified atom stereocenters. The summed E-state index contributed by atoms with van der Waals surface area (Å²) in [6.07, 6.45) is -9.37. The molecule has 0 aromatic heterocycles. The number of methoxy groups -OCH3 is 1. The van der Waals surface area contributed by atoms with Gasteiger partial charge in [0.05, 0.1) is 30.9 Å². The van der Waals surface area contributed by atoms with Crippen molar-refractivity contribution in [3.05, 3.63) is 71.8 Å². The van der Waals surface area contributed by atoms with Crippen LogP contribution in [-0.2, 0) is 38.0 Å². The molecule has 0 bridgehead atoms. The van der Waals surface area contributed by atoms with E-state index in [1.807, 2.05) is 0 Å². The molecule has 2 aromatic rings. The van der Waals surface area contributed by atoms with Gasteiger partial charge >= 0.3 is 23.7 Å². The molecule has 12 nitrogen and oxygen atoms in total. The lowest BCUT2D eigenvalue weighted by atomic mass is 9.86. The first-order chi connectivity index (χ1) is 19.9. The van der Waals surface area contributed by atoms with Gasteiger partial charge in [-0.1, -0.05) is 36.4 Å². The first-order valence-electron chi connectivity index (χ1n) is 13.1. The zero-order valence-electron chi connectivity index (χ0n) is 23.4. The maximum Gasteiger partial charge on any atom is 0.383 e. The normalized spacial score (nSPS) is 29.1. The van der Waals surface area contributed by atoms with Gasteiger partial charge in [0.1, 0.15) is 18.3 Å². The molecule has 7 atom stereocenters. The average molecular weight is 590 g/mol. The van der Waals surface area contributed by atoms with Crippen molar-refractivity contribution in [1.82, 2.24) is 5.32 Å². The van der Waals surface area contributed by atoms with Gasteiger partial charge < -0.3 is 38.8 Å². The minimum absolute atomic E-state index is 0.0223. The number of rotatable bonds is 8. The molecule has 0 aliphatic carbocycles. The van der Waals surface area contributed by atoms with Gasteiger partial charge in [0, 0.05) is 6.92 Å². The van der Waals surface area contributed by atoms with Crippen LogP contribution >= 0.6 is 0 Å². The number of hydrogen-bond acceptors (Lipinski definition) is 11. The monoisotopic (exact) mass is 589 g/mol. The molecular formula is C29H32FNO11. The summed E-state index contributed by atoms with van der Waals surface area (Å²) in [6, 6.07) is 13.3. The number of carbonyl (C=O) groups is 4. The van der Waals surface area contributed by atoms with E-state index in [9.17, 15) is 24.3 Å². The molecule has 42 heavy (non-hydrogen) atoms. The van der Waals surface area contributed by atoms with Crippen molar-refractivity contribution in [3.63, 3.8) is 0 Å². The molecule has 2 saturated heterocycles. The maximum absolute atomic E-state index is 16.7. The quantitative estimate of drug-likeness (QED) is 0.341. The lowest BCUT2D eigenvalue weighted by molar-refractivity contribution is -0.319. The second kappa shape index (κ2) is 12.5. The fourth-order valence-corrected chi connectivity index (χ4v) is 4.80. The van der Waals surface area contributed by atoms with Crippen molar-refractivity contribution in [2.45, 2.75) is 69.0 Å². The lowest BCUT2D eigenvalue weighted by Crippen LogP contribution is -2.74. The Morgan fingerprint density at radius 2 is 1.55 bits per heavy atom. The Labute approximate surface area is 241 Å². The largest absolute Gasteiger partial charge is 0.464 e. The maximum atomic E-state index is 16.7. The van der Waals surface area contributed by atoms with Gasteiger partial charge in [-0.15, -0.1) is 0 Å². The molecule has 2 aliphatic heterocycles. The molecular weight excluding hydrogens is 557 g/mol. The summed E-state index contributed by atoms with van der Waals surface area (Å²) < 4.78 is 49.5. The Balaban J connectivity index is 1.81. The number of hydrogen-bond donors (Lipinski definition) is 2. The first-order valence-corrected chi connectivity index (χ1v) is 13.1. The minimum Gasteiger partial charge on any atom is -0.464 e. The highest BCUT2D eigenvalue weighted by molar-refractivity contribution is 5.93. The van der Waals surface area contributed by atoms with E-state index in [4.69, 9.17) is 28.4 Å². The SMILES string of the molecule is COC(=O)[C@@]1(OC(=O)c2ccccc2)O[C@@H](C(O)C2COC(C)(C)O2)[C@H](NC(C)=O)[C@@H](OC(=O)c2ccccc2)[C@H]1F. The average Bonchev–Trinajstić information content (AvgIpc) is 3.35. The Morgan fingerprint density at radius 1 is 0.976 bits per heavy atom. The predicted molar refractivity (Wildman–Crippen MR) is 141 cm³/mol. The van der Waals surface area contributed by atoms with E-state index in [0.29, 0.717) is 0 Å². The molecule has 0 saturated carbocycles. The predicted octanol–water partition coefficient (Wildman–Crippen LogP) is 1.69. The number of esters is 3. The van der Waals surface area contributed by atoms with Gasteiger partial charge in [-0.2, -0.15) is 0 Å². The van der Waals surface area contributed by atoms with Gasteiger partial charge in [0.25, 0.3) is 0 Å². The van der Waals surface area contributed by atoms with Crippen molar-refractivity contribution in [2.75, 3.05) is 13.7 Å². The van der Waals surface area contributed by atoms with E-state index in [-0.39, 0.29) is 17.7 Å². The Kier molecular flexibility index (Phi) is 9.26. The van der Waals surface area contributed by atoms with Crippen LogP contribution in [0.1, 0.15) is 41.5 Å². The zero-order valence-corrected chi connectivity index (χ0v) is 23.4. The van der Waals surface area contributed by atoms with Crippen LogP contribution in [0.15, 0.2) is 60.7 Å². The van der Waals surface area contributed by atoms with Crippen molar-refractivity contribution in [1.29, 1.82) is 0 Å². The van der Waals surface area contributed by atoms with Crippen LogP contribution in [0.25, 0.3) is 0 Å². The number of alkyl halides is 1. The number of ether oxygens (including phenoxy) is 6. The van der Waals surface area contributed by atoms with Gasteiger partial charge in [-0.25, -0.2) is 18.8 Å². The highest BCUT2D eigenvalue weighted by Crippen LogP contribution is 2.40. The molecule has 4 rings (SSSR count). The van der Waals surface area contributed by atoms with Crippen molar-refractivity contribution < 1.29 is 57.1 Å². The topological polar surface area (TPSA) is 156 Å². The lowest BCUT2D eigenvalue weighted by Gasteiger charge is -2.49. The second-order valence-corrected chi connectivity index (χ2v) is 10.2. The number of carbonyl (C=O) groups excluding carboxylic acids is 4. The van der Waals surface area contributed by atoms with E-state index >= 15 is 4.39 Å². The summed E-state index contributed by atoms with van der Waals surface area (Å²) >= 11 is 0. The summed E-state index contributed by atoms with van der Waals surface area (Å²) in [5.41, 5.74) is -0.0427. The minimum atomic E-state index is -3.18. The molecule has 0 radical (unpaired) electrons. The smallest absolute Gasteiger partial charge is 0.383 e. The van der Waals surface area contributed by atoms with Crippen LogP contribution in [0.5, 0.6) is 0 Å². The number of amides is 1. The fraction of sp³-hybridized carbons (Fsp3) is 0.448. The summed E-state index contributed by atoms with van der Waals surface area (Å²) in [6.45, 7) is 4.15. The second-order valence-electron chi connectivity index (χ2n) is 10.2. The van der Waals surface area contributed by atoms with Gasteiger partial charge in [-0.3, -0.25) is 4.79 Å². The fourth-order valence-electron chi connectivity index (χ4n) is 4.80. The molecule has 2 aromatic carbocycles. The van der Waals surface area contributed by atoms with Crippen LogP contribution in [-0.4, -0.2) is 90.8 Å². The summed E-state index contributed by atoms with van der Waals surface area (Å²) in [7, 11) is 0.906. The zero-order chi connectivity index (χ0) is 30.7. The molecule has 1 amide bonds. The van der Waals surface area contributed by atoms with E-state index in [1.165, 1.54) is 36.4 Å². The number of aliphatic hydroxyl groups is 1. The van der Waals surface area contributed by atoms with Gasteiger partial charge in [0.2, 0.25) is 12.1 Å². The molecule has 2 heterocycles. The number of halogens is 1. The van der Waals surface area contributed by atoms with E-state index in [0.717, 1.165) is 14.0 Å². The third kappa shape index (κ3) is 6.44.